The molecule has 92 valence electrons. The normalized spacial score (nSPS) is 14.6. The van der Waals surface area contributed by atoms with Gasteiger partial charge in [0.2, 0.25) is 0 Å². The first-order valence-electron chi connectivity index (χ1n) is 5.83. The Hall–Kier alpha value is -0.120. The van der Waals surface area contributed by atoms with Gasteiger partial charge in [-0.3, -0.25) is 0 Å². The van der Waals surface area contributed by atoms with Gasteiger partial charge >= 0.3 is 0 Å². The molecule has 0 aromatic heterocycles. The Balaban J connectivity index is 3.82. The van der Waals surface area contributed by atoms with Crippen molar-refractivity contribution in [1.82, 2.24) is 10.2 Å². The Morgan fingerprint density at radius 3 is 2.47 bits per heavy atom. The zero-order valence-electron chi connectivity index (χ0n) is 11.3. The van der Waals surface area contributed by atoms with Crippen LogP contribution in [0.2, 0.25) is 0 Å². The van der Waals surface area contributed by atoms with Crippen LogP contribution in [0.1, 0.15) is 33.6 Å². The quantitative estimate of drug-likeness (QED) is 0.625. The monoisotopic (exact) mass is 216 g/mol. The summed E-state index contributed by atoms with van der Waals surface area (Å²) < 4.78 is 5.45. The van der Waals surface area contributed by atoms with E-state index in [0.29, 0.717) is 6.04 Å². The highest BCUT2D eigenvalue weighted by atomic mass is 16.5. The summed E-state index contributed by atoms with van der Waals surface area (Å²) in [7, 11) is 5.97. The van der Waals surface area contributed by atoms with Crippen molar-refractivity contribution >= 4 is 0 Å². The molecule has 1 unspecified atom stereocenters. The van der Waals surface area contributed by atoms with Crippen molar-refractivity contribution in [2.75, 3.05) is 34.3 Å². The Labute approximate surface area is 95.2 Å². The summed E-state index contributed by atoms with van der Waals surface area (Å²) >= 11 is 0. The van der Waals surface area contributed by atoms with Crippen LogP contribution in [-0.2, 0) is 4.74 Å². The van der Waals surface area contributed by atoms with Gasteiger partial charge in [0.25, 0.3) is 0 Å². The molecule has 15 heavy (non-hydrogen) atoms. The van der Waals surface area contributed by atoms with E-state index in [1.54, 1.807) is 7.11 Å². The number of nitrogens with zero attached hydrogens (tertiary/aromatic N) is 1. The van der Waals surface area contributed by atoms with Gasteiger partial charge in [-0.25, -0.2) is 0 Å². The molecule has 0 bridgehead atoms. The topological polar surface area (TPSA) is 24.5 Å². The molecule has 0 aromatic carbocycles. The van der Waals surface area contributed by atoms with Crippen molar-refractivity contribution in [2.24, 2.45) is 0 Å². The number of methoxy groups -OCH3 is 1. The molecule has 0 aliphatic heterocycles. The van der Waals surface area contributed by atoms with E-state index in [0.717, 1.165) is 19.5 Å². The summed E-state index contributed by atoms with van der Waals surface area (Å²) in [5, 5.41) is 3.17. The first-order valence-corrected chi connectivity index (χ1v) is 5.83. The van der Waals surface area contributed by atoms with E-state index in [2.05, 4.69) is 38.0 Å². The van der Waals surface area contributed by atoms with E-state index < -0.39 is 0 Å². The smallest absolute Gasteiger partial charge is 0.0637 e. The van der Waals surface area contributed by atoms with Crippen LogP contribution in [0, 0.1) is 0 Å². The van der Waals surface area contributed by atoms with Crippen molar-refractivity contribution in [3.63, 3.8) is 0 Å². The molecular formula is C12H28N2O. The van der Waals surface area contributed by atoms with Gasteiger partial charge in [0, 0.05) is 13.2 Å². The molecule has 0 rings (SSSR count). The van der Waals surface area contributed by atoms with Gasteiger partial charge in [0.1, 0.15) is 0 Å². The Morgan fingerprint density at radius 2 is 2.00 bits per heavy atom. The number of hydrogen-bond donors (Lipinski definition) is 1. The molecule has 0 amide bonds. The van der Waals surface area contributed by atoms with Gasteiger partial charge in [-0.05, 0) is 60.8 Å². The highest BCUT2D eigenvalue weighted by Gasteiger charge is 2.22. The molecule has 3 heteroatoms. The first-order chi connectivity index (χ1) is 6.93. The average Bonchev–Trinajstić information content (AvgIpc) is 2.17. The Morgan fingerprint density at radius 1 is 1.40 bits per heavy atom. The third kappa shape index (κ3) is 6.88. The summed E-state index contributed by atoms with van der Waals surface area (Å²) in [4.78, 5) is 2.40. The standard InChI is InChI=1S/C12H28N2O/c1-11(10-12(2,3)15-6)14(5)9-7-8-13-4/h11,13H,7-10H2,1-6H3. The molecule has 1 atom stereocenters. The van der Waals surface area contributed by atoms with E-state index in [1.165, 1.54) is 6.42 Å². The Kier molecular flexibility index (Phi) is 7.14. The highest BCUT2D eigenvalue weighted by molar-refractivity contribution is 4.76. The maximum absolute atomic E-state index is 5.45. The van der Waals surface area contributed by atoms with Crippen LogP contribution in [0.4, 0.5) is 0 Å². The zero-order chi connectivity index (χ0) is 11.9. The minimum Gasteiger partial charge on any atom is -0.379 e. The summed E-state index contributed by atoms with van der Waals surface area (Å²) in [5.74, 6) is 0. The second-order valence-electron chi connectivity index (χ2n) is 4.95. The van der Waals surface area contributed by atoms with E-state index in [9.17, 15) is 0 Å². The summed E-state index contributed by atoms with van der Waals surface area (Å²) in [5.41, 5.74) is -0.0172. The highest BCUT2D eigenvalue weighted by Crippen LogP contribution is 2.18. The summed E-state index contributed by atoms with van der Waals surface area (Å²) in [6.45, 7) is 8.78. The van der Waals surface area contributed by atoms with E-state index in [4.69, 9.17) is 4.74 Å². The second kappa shape index (κ2) is 7.20. The number of nitrogens with one attached hydrogen (secondary N) is 1. The van der Waals surface area contributed by atoms with E-state index in [-0.39, 0.29) is 5.60 Å². The molecular weight excluding hydrogens is 188 g/mol. The predicted octanol–water partition coefficient (Wildman–Crippen LogP) is 1.73. The number of ether oxygens (including phenoxy) is 1. The van der Waals surface area contributed by atoms with Crippen LogP contribution in [0.3, 0.4) is 0 Å². The van der Waals surface area contributed by atoms with Crippen LogP contribution in [0.5, 0.6) is 0 Å². The summed E-state index contributed by atoms with van der Waals surface area (Å²) in [6, 6.07) is 0.566. The van der Waals surface area contributed by atoms with Gasteiger partial charge < -0.3 is 15.0 Å². The van der Waals surface area contributed by atoms with Gasteiger partial charge in [0.15, 0.2) is 0 Å². The van der Waals surface area contributed by atoms with Gasteiger partial charge in [-0.15, -0.1) is 0 Å². The van der Waals surface area contributed by atoms with Crippen molar-refractivity contribution in [3.8, 4) is 0 Å². The van der Waals surface area contributed by atoms with Crippen LogP contribution < -0.4 is 5.32 Å². The molecule has 0 fully saturated rings. The lowest BCUT2D eigenvalue weighted by atomic mass is 9.99. The van der Waals surface area contributed by atoms with Crippen LogP contribution in [0.15, 0.2) is 0 Å². The fourth-order valence-electron chi connectivity index (χ4n) is 1.68. The van der Waals surface area contributed by atoms with Crippen LogP contribution >= 0.6 is 0 Å². The minimum atomic E-state index is -0.0172. The molecule has 0 heterocycles. The molecule has 0 aliphatic carbocycles. The third-order valence-electron chi connectivity index (χ3n) is 3.03. The molecule has 0 aromatic rings. The Bertz CT molecular complexity index is 160. The lowest BCUT2D eigenvalue weighted by Gasteiger charge is -2.32. The molecule has 0 aliphatic rings. The number of rotatable bonds is 8. The fraction of sp³-hybridized carbons (Fsp3) is 1.00. The van der Waals surface area contributed by atoms with E-state index >= 15 is 0 Å². The van der Waals surface area contributed by atoms with Crippen LogP contribution in [-0.4, -0.2) is 50.8 Å². The van der Waals surface area contributed by atoms with Crippen molar-refractivity contribution in [1.29, 1.82) is 0 Å². The second-order valence-corrected chi connectivity index (χ2v) is 4.95. The van der Waals surface area contributed by atoms with Crippen molar-refractivity contribution in [3.05, 3.63) is 0 Å². The first kappa shape index (κ1) is 14.9. The van der Waals surface area contributed by atoms with Gasteiger partial charge in [0.05, 0.1) is 5.60 Å². The largest absolute Gasteiger partial charge is 0.379 e. The van der Waals surface area contributed by atoms with Gasteiger partial charge in [-0.2, -0.15) is 0 Å². The lowest BCUT2D eigenvalue weighted by molar-refractivity contribution is -0.00316. The van der Waals surface area contributed by atoms with Crippen LogP contribution in [0.25, 0.3) is 0 Å². The maximum atomic E-state index is 5.45. The molecule has 1 N–H and O–H groups in total. The average molecular weight is 216 g/mol. The molecule has 0 radical (unpaired) electrons. The van der Waals surface area contributed by atoms with E-state index in [1.807, 2.05) is 7.05 Å². The number of hydrogen-bond acceptors (Lipinski definition) is 3. The third-order valence-corrected chi connectivity index (χ3v) is 3.03. The predicted molar refractivity (Wildman–Crippen MR) is 66.3 cm³/mol. The van der Waals surface area contributed by atoms with Crippen molar-refractivity contribution in [2.45, 2.75) is 45.3 Å². The molecule has 3 nitrogen and oxygen atoms in total. The van der Waals surface area contributed by atoms with Gasteiger partial charge in [-0.1, -0.05) is 0 Å². The fourth-order valence-corrected chi connectivity index (χ4v) is 1.68. The summed E-state index contributed by atoms with van der Waals surface area (Å²) in [6.07, 6.45) is 2.27. The van der Waals surface area contributed by atoms with Crippen molar-refractivity contribution < 1.29 is 4.74 Å². The minimum absolute atomic E-state index is 0.0172. The zero-order valence-corrected chi connectivity index (χ0v) is 11.3. The molecule has 0 saturated carbocycles. The maximum Gasteiger partial charge on any atom is 0.0637 e. The SMILES string of the molecule is CNCCCN(C)C(C)CC(C)(C)OC. The molecule has 0 spiro atoms. The lowest BCUT2D eigenvalue weighted by Crippen LogP contribution is -2.38. The molecule has 0 saturated heterocycles.